The van der Waals surface area contributed by atoms with E-state index in [0.29, 0.717) is 31.6 Å². The van der Waals surface area contributed by atoms with Crippen molar-refractivity contribution in [3.8, 4) is 5.88 Å². The number of alkyl halides is 2. The normalized spacial score (nSPS) is 25.3. The molecular weight excluding hydrogens is 370 g/mol. The average molecular weight is 394 g/mol. The quantitative estimate of drug-likeness (QED) is 0.661. The maximum atomic E-state index is 13.2. The third-order valence-corrected chi connectivity index (χ3v) is 5.36. The number of carbonyl (C=O) groups is 1. The molecule has 0 aromatic carbocycles. The summed E-state index contributed by atoms with van der Waals surface area (Å²) in [5, 5.41) is 7.69. The largest absolute Gasteiger partial charge is 0.477 e. The van der Waals surface area contributed by atoms with Crippen molar-refractivity contribution in [2.45, 2.75) is 44.8 Å². The van der Waals surface area contributed by atoms with Crippen LogP contribution in [-0.4, -0.2) is 52.5 Å². The molecule has 1 amide bonds. The van der Waals surface area contributed by atoms with Crippen LogP contribution in [0.4, 0.5) is 8.78 Å². The number of nitrogens with zero attached hydrogens (tertiary/aromatic N) is 3. The SMILES string of the molecule is CC(=O)NCCOC1CC(COc2nccc3c2cnn3CC2CC2(F)F)C1. The Kier molecular flexibility index (Phi) is 5.18. The number of hydrogen-bond acceptors (Lipinski definition) is 5. The van der Waals surface area contributed by atoms with Crippen molar-refractivity contribution >= 4 is 16.8 Å². The number of hydrogen-bond donors (Lipinski definition) is 1. The summed E-state index contributed by atoms with van der Waals surface area (Å²) in [6.45, 7) is 3.26. The molecule has 0 aliphatic heterocycles. The maximum absolute atomic E-state index is 13.2. The number of amides is 1. The van der Waals surface area contributed by atoms with Gasteiger partial charge in [-0.05, 0) is 24.8 Å². The van der Waals surface area contributed by atoms with Gasteiger partial charge in [-0.15, -0.1) is 0 Å². The van der Waals surface area contributed by atoms with Gasteiger partial charge >= 0.3 is 0 Å². The number of rotatable bonds is 9. The molecule has 2 aliphatic rings. The molecule has 2 aromatic rings. The van der Waals surface area contributed by atoms with Gasteiger partial charge in [-0.1, -0.05) is 0 Å². The Morgan fingerprint density at radius 1 is 1.43 bits per heavy atom. The minimum absolute atomic E-state index is 0.0562. The Hall–Kier alpha value is -2.29. The van der Waals surface area contributed by atoms with Crippen molar-refractivity contribution < 1.29 is 23.0 Å². The van der Waals surface area contributed by atoms with E-state index in [-0.39, 0.29) is 25.0 Å². The van der Waals surface area contributed by atoms with E-state index in [0.717, 1.165) is 23.7 Å². The average Bonchev–Trinajstić information content (AvgIpc) is 3.01. The van der Waals surface area contributed by atoms with Gasteiger partial charge in [-0.25, -0.2) is 13.8 Å². The smallest absolute Gasteiger partial charge is 0.253 e. The summed E-state index contributed by atoms with van der Waals surface area (Å²) in [6.07, 6.45) is 5.20. The fourth-order valence-corrected chi connectivity index (χ4v) is 3.51. The van der Waals surface area contributed by atoms with Crippen molar-refractivity contribution in [2.75, 3.05) is 19.8 Å². The van der Waals surface area contributed by atoms with E-state index in [1.807, 2.05) is 0 Å². The predicted molar refractivity (Wildman–Crippen MR) is 97.2 cm³/mol. The molecule has 7 nitrogen and oxygen atoms in total. The van der Waals surface area contributed by atoms with Crippen molar-refractivity contribution in [3.05, 3.63) is 18.5 Å². The van der Waals surface area contributed by atoms with E-state index in [9.17, 15) is 13.6 Å². The summed E-state index contributed by atoms with van der Waals surface area (Å²) in [7, 11) is 0. The van der Waals surface area contributed by atoms with Crippen LogP contribution >= 0.6 is 0 Å². The van der Waals surface area contributed by atoms with Gasteiger partial charge in [0.2, 0.25) is 11.8 Å². The molecule has 9 heteroatoms. The van der Waals surface area contributed by atoms with Crippen molar-refractivity contribution in [2.24, 2.45) is 11.8 Å². The van der Waals surface area contributed by atoms with E-state index < -0.39 is 11.8 Å². The van der Waals surface area contributed by atoms with Crippen molar-refractivity contribution in [1.82, 2.24) is 20.1 Å². The van der Waals surface area contributed by atoms with E-state index in [1.54, 1.807) is 23.1 Å². The first kappa shape index (κ1) is 19.0. The van der Waals surface area contributed by atoms with Crippen LogP contribution in [0.1, 0.15) is 26.2 Å². The van der Waals surface area contributed by atoms with Crippen LogP contribution in [-0.2, 0) is 16.1 Å². The van der Waals surface area contributed by atoms with Gasteiger partial charge in [-0.2, -0.15) is 5.10 Å². The zero-order chi connectivity index (χ0) is 19.7. The number of ether oxygens (including phenoxy) is 2. The van der Waals surface area contributed by atoms with Crippen LogP contribution < -0.4 is 10.1 Å². The number of carbonyl (C=O) groups excluding carboxylic acids is 1. The molecule has 1 unspecified atom stereocenters. The molecule has 0 radical (unpaired) electrons. The lowest BCUT2D eigenvalue weighted by Crippen LogP contribution is -2.37. The minimum Gasteiger partial charge on any atom is -0.477 e. The monoisotopic (exact) mass is 394 g/mol. The highest BCUT2D eigenvalue weighted by atomic mass is 19.3. The van der Waals surface area contributed by atoms with Crippen LogP contribution in [0.25, 0.3) is 10.9 Å². The van der Waals surface area contributed by atoms with Gasteiger partial charge in [0.25, 0.3) is 5.92 Å². The molecule has 152 valence electrons. The first-order chi connectivity index (χ1) is 13.4. The van der Waals surface area contributed by atoms with Crippen LogP contribution in [0.2, 0.25) is 0 Å². The molecule has 0 bridgehead atoms. The van der Waals surface area contributed by atoms with Crippen LogP contribution in [0.3, 0.4) is 0 Å². The second-order valence-electron chi connectivity index (χ2n) is 7.66. The lowest BCUT2D eigenvalue weighted by atomic mass is 9.83. The fourth-order valence-electron chi connectivity index (χ4n) is 3.51. The second kappa shape index (κ2) is 7.62. The van der Waals surface area contributed by atoms with Crippen molar-refractivity contribution in [1.29, 1.82) is 0 Å². The first-order valence-corrected chi connectivity index (χ1v) is 9.59. The fraction of sp³-hybridized carbons (Fsp3) is 0.632. The van der Waals surface area contributed by atoms with Gasteiger partial charge < -0.3 is 14.8 Å². The van der Waals surface area contributed by atoms with Gasteiger partial charge in [0, 0.05) is 32.0 Å². The van der Waals surface area contributed by atoms with E-state index in [2.05, 4.69) is 15.4 Å². The molecule has 2 fully saturated rings. The van der Waals surface area contributed by atoms with Crippen LogP contribution in [0, 0.1) is 11.8 Å². The van der Waals surface area contributed by atoms with Gasteiger partial charge in [0.1, 0.15) is 0 Å². The molecule has 4 rings (SSSR count). The molecule has 2 aromatic heterocycles. The second-order valence-corrected chi connectivity index (χ2v) is 7.66. The summed E-state index contributed by atoms with van der Waals surface area (Å²) in [5.41, 5.74) is 0.764. The van der Waals surface area contributed by atoms with Crippen LogP contribution in [0.5, 0.6) is 5.88 Å². The third-order valence-electron chi connectivity index (χ3n) is 5.36. The molecule has 1 atom stereocenters. The summed E-state index contributed by atoms with van der Waals surface area (Å²) in [4.78, 5) is 15.1. The molecular formula is C19H24F2N4O3. The van der Waals surface area contributed by atoms with E-state index >= 15 is 0 Å². The number of nitrogens with one attached hydrogen (secondary N) is 1. The van der Waals surface area contributed by atoms with Crippen molar-refractivity contribution in [3.63, 3.8) is 0 Å². The van der Waals surface area contributed by atoms with E-state index in [1.165, 1.54) is 6.92 Å². The molecule has 0 spiro atoms. The Labute approximate surface area is 161 Å². The third kappa shape index (κ3) is 4.24. The van der Waals surface area contributed by atoms with Gasteiger partial charge in [0.15, 0.2) is 0 Å². The van der Waals surface area contributed by atoms with E-state index in [4.69, 9.17) is 9.47 Å². The Bertz CT molecular complexity index is 851. The standard InChI is InChI=1S/C19H24F2N4O3/c1-12(26)22-4-5-27-15-6-13(7-15)11-28-18-16-9-24-25(17(16)2-3-23-18)10-14-8-19(14,20)21/h2-3,9,13-15H,4-8,10-11H2,1H3,(H,22,26). The molecule has 2 heterocycles. The number of aromatic nitrogens is 3. The highest BCUT2D eigenvalue weighted by molar-refractivity contribution is 5.83. The minimum atomic E-state index is -2.56. The zero-order valence-corrected chi connectivity index (χ0v) is 15.7. The topological polar surface area (TPSA) is 78.3 Å². The van der Waals surface area contributed by atoms with Crippen LogP contribution in [0.15, 0.2) is 18.5 Å². The summed E-state index contributed by atoms with van der Waals surface area (Å²) < 4.78 is 39.5. The molecule has 0 saturated heterocycles. The highest BCUT2D eigenvalue weighted by Gasteiger charge is 2.56. The Morgan fingerprint density at radius 2 is 2.21 bits per heavy atom. The molecule has 2 saturated carbocycles. The Morgan fingerprint density at radius 3 is 2.93 bits per heavy atom. The zero-order valence-electron chi connectivity index (χ0n) is 15.7. The predicted octanol–water partition coefficient (Wildman–Crippen LogP) is 2.40. The summed E-state index contributed by atoms with van der Waals surface area (Å²) in [5.74, 6) is -2.37. The lowest BCUT2D eigenvalue weighted by Gasteiger charge is -2.34. The Balaban J connectivity index is 1.25. The maximum Gasteiger partial charge on any atom is 0.253 e. The molecule has 1 N–H and O–H groups in total. The number of pyridine rings is 1. The molecule has 2 aliphatic carbocycles. The summed E-state index contributed by atoms with van der Waals surface area (Å²) in [6, 6.07) is 1.78. The number of fused-ring (bicyclic) bond motifs is 1. The lowest BCUT2D eigenvalue weighted by molar-refractivity contribution is -0.119. The van der Waals surface area contributed by atoms with Gasteiger partial charge in [0.05, 0.1) is 43.0 Å². The first-order valence-electron chi connectivity index (χ1n) is 9.59. The summed E-state index contributed by atoms with van der Waals surface area (Å²) >= 11 is 0. The highest BCUT2D eigenvalue weighted by Crippen LogP contribution is 2.49. The molecule has 28 heavy (non-hydrogen) atoms. The van der Waals surface area contributed by atoms with Gasteiger partial charge in [-0.3, -0.25) is 9.48 Å². The number of halogens is 2.